The first-order valence-corrected chi connectivity index (χ1v) is 4.39. The van der Waals surface area contributed by atoms with Crippen LogP contribution in [0.25, 0.3) is 0 Å². The lowest BCUT2D eigenvalue weighted by atomic mass is 9.95. The molecule has 2 aliphatic rings. The van der Waals surface area contributed by atoms with Crippen LogP contribution in [0.4, 0.5) is 0 Å². The molecule has 3 heteroatoms. The van der Waals surface area contributed by atoms with Crippen LogP contribution >= 0.6 is 0 Å². The normalized spacial score (nSPS) is 37.5. The van der Waals surface area contributed by atoms with Gasteiger partial charge in [0, 0.05) is 17.4 Å². The number of nitrogens with zero attached hydrogens (tertiary/aromatic N) is 2. The van der Waals surface area contributed by atoms with E-state index in [0.29, 0.717) is 11.6 Å². The predicted molar refractivity (Wildman–Crippen MR) is 48.3 cm³/mol. The highest BCUT2D eigenvalue weighted by atomic mass is 16.4. The summed E-state index contributed by atoms with van der Waals surface area (Å²) in [6.45, 7) is 6.07. The first-order valence-electron chi connectivity index (χ1n) is 4.39. The Morgan fingerprint density at radius 3 is 2.38 bits per heavy atom. The molecule has 2 aliphatic carbocycles. The lowest BCUT2D eigenvalue weighted by Gasteiger charge is -2.09. The molecule has 0 heterocycles. The minimum atomic E-state index is 0.117. The Morgan fingerprint density at radius 1 is 1.46 bits per heavy atom. The molecule has 0 bridgehead atoms. The van der Waals surface area contributed by atoms with Crippen LogP contribution in [0.2, 0.25) is 0 Å². The quantitative estimate of drug-likeness (QED) is 0.453. The van der Waals surface area contributed by atoms with Gasteiger partial charge in [0.25, 0.3) is 0 Å². The van der Waals surface area contributed by atoms with Crippen LogP contribution in [0.5, 0.6) is 0 Å². The molecule has 0 unspecified atom stereocenters. The lowest BCUT2D eigenvalue weighted by molar-refractivity contribution is 0.316. The van der Waals surface area contributed by atoms with E-state index in [2.05, 4.69) is 25.1 Å². The van der Waals surface area contributed by atoms with Crippen molar-refractivity contribution in [1.82, 2.24) is 0 Å². The molecule has 0 aromatic heterocycles. The zero-order valence-electron chi connectivity index (χ0n) is 8.00. The fourth-order valence-corrected chi connectivity index (χ4v) is 2.58. The minimum absolute atomic E-state index is 0.117. The van der Waals surface area contributed by atoms with Crippen molar-refractivity contribution in [3.63, 3.8) is 0 Å². The van der Waals surface area contributed by atoms with Gasteiger partial charge >= 0.3 is 0 Å². The summed E-state index contributed by atoms with van der Waals surface area (Å²) in [5.41, 5.74) is 2.51. The maximum Gasteiger partial charge on any atom is 0.0954 e. The third-order valence-electron chi connectivity index (χ3n) is 3.45. The number of oxime groups is 1. The van der Waals surface area contributed by atoms with Crippen molar-refractivity contribution in [2.75, 3.05) is 0 Å². The number of rotatable bonds is 0. The van der Waals surface area contributed by atoms with E-state index in [9.17, 15) is 0 Å². The largest absolute Gasteiger partial charge is 0.411 e. The van der Waals surface area contributed by atoms with Crippen molar-refractivity contribution in [1.29, 1.82) is 5.26 Å². The van der Waals surface area contributed by atoms with Crippen molar-refractivity contribution < 1.29 is 5.21 Å². The van der Waals surface area contributed by atoms with E-state index in [4.69, 9.17) is 10.5 Å². The van der Waals surface area contributed by atoms with Crippen molar-refractivity contribution in [2.24, 2.45) is 22.4 Å². The molecule has 13 heavy (non-hydrogen) atoms. The van der Waals surface area contributed by atoms with Crippen LogP contribution in [0.15, 0.2) is 16.3 Å². The van der Waals surface area contributed by atoms with Crippen molar-refractivity contribution in [2.45, 2.75) is 20.8 Å². The average Bonchev–Trinajstić information content (AvgIpc) is 2.52. The van der Waals surface area contributed by atoms with Gasteiger partial charge in [-0.2, -0.15) is 5.26 Å². The number of allylic oxidation sites excluding steroid dienone is 2. The number of fused-ring (bicyclic) bond motifs is 1. The van der Waals surface area contributed by atoms with Crippen LogP contribution in [0, 0.1) is 28.6 Å². The summed E-state index contributed by atoms with van der Waals surface area (Å²) in [4.78, 5) is 0. The van der Waals surface area contributed by atoms with E-state index in [1.165, 1.54) is 0 Å². The number of hydrogen-bond donors (Lipinski definition) is 1. The number of hydrogen-bond acceptors (Lipinski definition) is 3. The highest BCUT2D eigenvalue weighted by Gasteiger charge is 2.66. The van der Waals surface area contributed by atoms with Crippen molar-refractivity contribution in [3.05, 3.63) is 11.1 Å². The second-order valence-electron chi connectivity index (χ2n) is 4.41. The molecule has 0 radical (unpaired) electrons. The van der Waals surface area contributed by atoms with Gasteiger partial charge in [0.05, 0.1) is 11.8 Å². The SMILES string of the molecule is CC1=C(C#N)[C@@H]2[C@@H](C1=NO)C2(C)C. The molecule has 2 rings (SSSR count). The van der Waals surface area contributed by atoms with Crippen molar-refractivity contribution >= 4 is 5.71 Å². The van der Waals surface area contributed by atoms with Gasteiger partial charge in [-0.1, -0.05) is 19.0 Å². The average molecular weight is 176 g/mol. The van der Waals surface area contributed by atoms with Crippen LogP contribution in [-0.4, -0.2) is 10.9 Å². The first kappa shape index (κ1) is 8.31. The minimum Gasteiger partial charge on any atom is -0.411 e. The van der Waals surface area contributed by atoms with Crippen molar-refractivity contribution in [3.8, 4) is 6.07 Å². The Morgan fingerprint density at radius 2 is 2.08 bits per heavy atom. The molecule has 0 aromatic carbocycles. The molecule has 0 saturated heterocycles. The van der Waals surface area contributed by atoms with E-state index >= 15 is 0 Å². The van der Waals surface area contributed by atoms with Gasteiger partial charge in [-0.3, -0.25) is 0 Å². The van der Waals surface area contributed by atoms with Gasteiger partial charge < -0.3 is 5.21 Å². The Hall–Kier alpha value is -1.30. The van der Waals surface area contributed by atoms with E-state index in [0.717, 1.165) is 11.1 Å². The summed E-state index contributed by atoms with van der Waals surface area (Å²) in [6, 6.07) is 2.21. The lowest BCUT2D eigenvalue weighted by Crippen LogP contribution is -2.08. The van der Waals surface area contributed by atoms with Gasteiger partial charge in [-0.25, -0.2) is 0 Å². The molecule has 0 amide bonds. The standard InChI is InChI=1S/C10H12N2O/c1-5-6(4-11)7-8(9(5)12-13)10(7,2)3/h7-8,13H,1-3H3/t7-,8+/m1/s1. The summed E-state index contributed by atoms with van der Waals surface area (Å²) < 4.78 is 0. The fraction of sp³-hybridized carbons (Fsp3) is 0.600. The second kappa shape index (κ2) is 2.14. The molecule has 0 aromatic rings. The Bertz CT molecular complexity index is 371. The maximum absolute atomic E-state index is 8.93. The van der Waals surface area contributed by atoms with Gasteiger partial charge in [-0.05, 0) is 17.9 Å². The number of nitriles is 1. The van der Waals surface area contributed by atoms with E-state index in [-0.39, 0.29) is 11.3 Å². The summed E-state index contributed by atoms with van der Waals surface area (Å²) in [5, 5.41) is 21.1. The van der Waals surface area contributed by atoms with Gasteiger partial charge in [-0.15, -0.1) is 0 Å². The highest BCUT2D eigenvalue weighted by Crippen LogP contribution is 2.67. The third-order valence-corrected chi connectivity index (χ3v) is 3.45. The van der Waals surface area contributed by atoms with E-state index in [1.54, 1.807) is 0 Å². The summed E-state index contributed by atoms with van der Waals surface area (Å²) in [5.74, 6) is 0.565. The van der Waals surface area contributed by atoms with E-state index in [1.807, 2.05) is 6.92 Å². The molecule has 1 fully saturated rings. The predicted octanol–water partition coefficient (Wildman–Crippen LogP) is 1.94. The molecular formula is C10H12N2O. The van der Waals surface area contributed by atoms with Crippen LogP contribution in [0.3, 0.4) is 0 Å². The molecule has 1 saturated carbocycles. The van der Waals surface area contributed by atoms with Gasteiger partial charge in [0.2, 0.25) is 0 Å². The zero-order valence-corrected chi connectivity index (χ0v) is 8.00. The van der Waals surface area contributed by atoms with E-state index < -0.39 is 0 Å². The molecular weight excluding hydrogens is 164 g/mol. The van der Waals surface area contributed by atoms with Gasteiger partial charge in [0.1, 0.15) is 0 Å². The molecule has 0 spiro atoms. The summed E-state index contributed by atoms with van der Waals surface area (Å²) in [6.07, 6.45) is 0. The van der Waals surface area contributed by atoms with Crippen LogP contribution in [-0.2, 0) is 0 Å². The Kier molecular flexibility index (Phi) is 1.37. The fourth-order valence-electron chi connectivity index (χ4n) is 2.58. The highest BCUT2D eigenvalue weighted by molar-refractivity contribution is 6.08. The zero-order chi connectivity index (χ0) is 9.80. The van der Waals surface area contributed by atoms with Crippen LogP contribution < -0.4 is 0 Å². The smallest absolute Gasteiger partial charge is 0.0954 e. The molecule has 68 valence electrons. The summed E-state index contributed by atoms with van der Waals surface area (Å²) in [7, 11) is 0. The Balaban J connectivity index is 2.51. The first-order chi connectivity index (χ1) is 6.05. The van der Waals surface area contributed by atoms with Crippen LogP contribution in [0.1, 0.15) is 20.8 Å². The maximum atomic E-state index is 8.93. The molecule has 0 aliphatic heterocycles. The molecule has 2 atom stereocenters. The van der Waals surface area contributed by atoms with Gasteiger partial charge in [0.15, 0.2) is 0 Å². The third kappa shape index (κ3) is 0.757. The molecule has 3 nitrogen and oxygen atoms in total. The Labute approximate surface area is 77.4 Å². The monoisotopic (exact) mass is 176 g/mol. The summed E-state index contributed by atoms with van der Waals surface area (Å²) >= 11 is 0. The second-order valence-corrected chi connectivity index (χ2v) is 4.41. The topological polar surface area (TPSA) is 56.4 Å². The molecule has 1 N–H and O–H groups in total.